The Hall–Kier alpha value is -1.82. The molecule has 2 aromatic rings. The Bertz CT molecular complexity index is 638. The molecule has 0 saturated heterocycles. The molecule has 1 saturated carbocycles. The van der Waals surface area contributed by atoms with Gasteiger partial charge >= 0.3 is 6.09 Å². The lowest BCUT2D eigenvalue weighted by Gasteiger charge is -2.35. The third-order valence-corrected chi connectivity index (χ3v) is 4.43. The van der Waals surface area contributed by atoms with Crippen molar-refractivity contribution in [3.63, 3.8) is 0 Å². The highest BCUT2D eigenvalue weighted by molar-refractivity contribution is 7.22. The average molecular weight is 319 g/mol. The Kier molecular flexibility index (Phi) is 3.95. The molecule has 1 aliphatic carbocycles. The zero-order chi connectivity index (χ0) is 15.7. The first-order valence-corrected chi connectivity index (χ1v) is 8.31. The summed E-state index contributed by atoms with van der Waals surface area (Å²) >= 11 is 1.66. The van der Waals surface area contributed by atoms with E-state index >= 15 is 0 Å². The van der Waals surface area contributed by atoms with E-state index in [2.05, 4.69) is 21.7 Å². The molecule has 3 rings (SSSR count). The third kappa shape index (κ3) is 3.68. The number of ether oxygens (including phenoxy) is 1. The second-order valence-electron chi connectivity index (χ2n) is 6.70. The van der Waals surface area contributed by atoms with E-state index < -0.39 is 0 Å². The molecule has 1 aromatic heterocycles. The molecule has 0 unspecified atom stereocenters. The fourth-order valence-corrected chi connectivity index (χ4v) is 3.32. The zero-order valence-electron chi connectivity index (χ0n) is 13.1. The first kappa shape index (κ1) is 15.1. The Balaban J connectivity index is 1.46. The van der Waals surface area contributed by atoms with Crippen molar-refractivity contribution in [2.24, 2.45) is 0 Å². The van der Waals surface area contributed by atoms with Gasteiger partial charge in [-0.1, -0.05) is 23.5 Å². The van der Waals surface area contributed by atoms with Crippen LogP contribution >= 0.6 is 11.3 Å². The van der Waals surface area contributed by atoms with Crippen molar-refractivity contribution in [1.82, 2.24) is 10.3 Å². The summed E-state index contributed by atoms with van der Waals surface area (Å²) in [6.07, 6.45) is 1.31. The van der Waals surface area contributed by atoms with Gasteiger partial charge in [-0.05, 0) is 32.9 Å². The predicted molar refractivity (Wildman–Crippen MR) is 89.4 cm³/mol. The number of para-hydroxylation sites is 1. The van der Waals surface area contributed by atoms with Crippen molar-refractivity contribution in [1.29, 1.82) is 0 Å². The van der Waals surface area contributed by atoms with E-state index in [4.69, 9.17) is 4.74 Å². The number of rotatable bonds is 3. The minimum Gasteiger partial charge on any atom is -0.446 e. The second-order valence-corrected chi connectivity index (χ2v) is 7.73. The van der Waals surface area contributed by atoms with E-state index in [0.717, 1.165) is 23.5 Å². The number of nitrogens with zero attached hydrogens (tertiary/aromatic N) is 1. The number of nitrogens with one attached hydrogen (secondary N) is 2. The van der Waals surface area contributed by atoms with E-state index in [1.807, 2.05) is 39.0 Å². The second kappa shape index (κ2) is 5.76. The predicted octanol–water partition coefficient (Wildman–Crippen LogP) is 3.76. The molecular weight excluding hydrogens is 298 g/mol. The maximum absolute atomic E-state index is 11.7. The minimum atomic E-state index is -0.337. The SMILES string of the molecule is CC(C)(C)NC(=O)OC1CC(Nc2nc3ccccc3s2)C1. The molecule has 22 heavy (non-hydrogen) atoms. The van der Waals surface area contributed by atoms with E-state index in [-0.39, 0.29) is 17.7 Å². The molecule has 2 N–H and O–H groups in total. The summed E-state index contributed by atoms with van der Waals surface area (Å²) in [5.74, 6) is 0. The minimum absolute atomic E-state index is 0.00534. The third-order valence-electron chi connectivity index (χ3n) is 3.47. The van der Waals surface area contributed by atoms with Gasteiger partial charge in [0.05, 0.1) is 10.2 Å². The summed E-state index contributed by atoms with van der Waals surface area (Å²) in [6, 6.07) is 8.42. The maximum Gasteiger partial charge on any atom is 0.407 e. The Labute approximate surface area is 134 Å². The number of carbonyl (C=O) groups excluding carboxylic acids is 1. The van der Waals surface area contributed by atoms with Gasteiger partial charge in [-0.15, -0.1) is 0 Å². The number of fused-ring (bicyclic) bond motifs is 1. The number of hydrogen-bond acceptors (Lipinski definition) is 5. The van der Waals surface area contributed by atoms with Gasteiger partial charge in [0.25, 0.3) is 0 Å². The fraction of sp³-hybridized carbons (Fsp3) is 0.500. The lowest BCUT2D eigenvalue weighted by atomic mass is 9.89. The van der Waals surface area contributed by atoms with Gasteiger partial charge in [-0.3, -0.25) is 0 Å². The van der Waals surface area contributed by atoms with Crippen LogP contribution < -0.4 is 10.6 Å². The van der Waals surface area contributed by atoms with Crippen molar-refractivity contribution in [2.75, 3.05) is 5.32 Å². The van der Waals surface area contributed by atoms with Gasteiger partial charge in [-0.25, -0.2) is 9.78 Å². The van der Waals surface area contributed by atoms with E-state index in [1.54, 1.807) is 11.3 Å². The molecule has 0 aliphatic heterocycles. The molecule has 1 aliphatic rings. The molecular formula is C16H21N3O2S. The molecule has 0 bridgehead atoms. The molecule has 0 radical (unpaired) electrons. The number of thiazole rings is 1. The summed E-state index contributed by atoms with van der Waals surface area (Å²) in [6.45, 7) is 5.81. The number of aromatic nitrogens is 1. The van der Waals surface area contributed by atoms with Crippen LogP contribution in [-0.4, -0.2) is 28.8 Å². The van der Waals surface area contributed by atoms with Gasteiger partial charge in [0.1, 0.15) is 6.10 Å². The summed E-state index contributed by atoms with van der Waals surface area (Å²) in [5, 5.41) is 7.16. The summed E-state index contributed by atoms with van der Waals surface area (Å²) in [7, 11) is 0. The molecule has 0 atom stereocenters. The lowest BCUT2D eigenvalue weighted by molar-refractivity contribution is 0.0416. The van der Waals surface area contributed by atoms with E-state index in [9.17, 15) is 4.79 Å². The number of anilines is 1. The smallest absolute Gasteiger partial charge is 0.407 e. The van der Waals surface area contributed by atoms with Crippen LogP contribution in [0.1, 0.15) is 33.6 Å². The van der Waals surface area contributed by atoms with Gasteiger partial charge in [0.2, 0.25) is 0 Å². The van der Waals surface area contributed by atoms with Crippen molar-refractivity contribution < 1.29 is 9.53 Å². The van der Waals surface area contributed by atoms with Gasteiger partial charge in [-0.2, -0.15) is 0 Å². The topological polar surface area (TPSA) is 63.2 Å². The number of carbonyl (C=O) groups is 1. The highest BCUT2D eigenvalue weighted by atomic mass is 32.1. The van der Waals surface area contributed by atoms with Crippen LogP contribution in [0.3, 0.4) is 0 Å². The monoisotopic (exact) mass is 319 g/mol. The van der Waals surface area contributed by atoms with Gasteiger partial charge in [0.15, 0.2) is 5.13 Å². The quantitative estimate of drug-likeness (QED) is 0.904. The highest BCUT2D eigenvalue weighted by Crippen LogP contribution is 2.31. The highest BCUT2D eigenvalue weighted by Gasteiger charge is 2.33. The van der Waals surface area contributed by atoms with Crippen LogP contribution in [0.5, 0.6) is 0 Å². The molecule has 1 heterocycles. The number of benzene rings is 1. The van der Waals surface area contributed by atoms with E-state index in [1.165, 1.54) is 4.70 Å². The van der Waals surface area contributed by atoms with Gasteiger partial charge in [0, 0.05) is 24.4 Å². The van der Waals surface area contributed by atoms with Crippen LogP contribution in [-0.2, 0) is 4.74 Å². The summed E-state index contributed by atoms with van der Waals surface area (Å²) < 4.78 is 6.56. The molecule has 0 spiro atoms. The number of hydrogen-bond donors (Lipinski definition) is 2. The molecule has 1 aromatic carbocycles. The van der Waals surface area contributed by atoms with Crippen LogP contribution in [0.25, 0.3) is 10.2 Å². The van der Waals surface area contributed by atoms with Crippen molar-refractivity contribution in [3.8, 4) is 0 Å². The average Bonchev–Trinajstić information content (AvgIpc) is 2.76. The lowest BCUT2D eigenvalue weighted by Crippen LogP contribution is -2.47. The molecule has 6 heteroatoms. The Morgan fingerprint density at radius 2 is 2.05 bits per heavy atom. The van der Waals surface area contributed by atoms with Crippen LogP contribution in [0, 0.1) is 0 Å². The standard InChI is InChI=1S/C16H21N3O2S/c1-16(2,3)19-15(20)21-11-8-10(9-11)17-14-18-12-6-4-5-7-13(12)22-14/h4-7,10-11H,8-9H2,1-3H3,(H,17,18)(H,19,20). The molecule has 1 amide bonds. The molecule has 118 valence electrons. The summed E-state index contributed by atoms with van der Waals surface area (Å²) in [5.41, 5.74) is 0.756. The van der Waals surface area contributed by atoms with Crippen LogP contribution in [0.4, 0.5) is 9.93 Å². The summed E-state index contributed by atoms with van der Waals surface area (Å²) in [4.78, 5) is 16.2. The number of amides is 1. The van der Waals surface area contributed by atoms with Gasteiger partial charge < -0.3 is 15.4 Å². The normalized spacial score (nSPS) is 21.2. The van der Waals surface area contributed by atoms with Crippen LogP contribution in [0.2, 0.25) is 0 Å². The Morgan fingerprint density at radius 3 is 2.73 bits per heavy atom. The number of alkyl carbamates (subject to hydrolysis) is 1. The molecule has 1 fully saturated rings. The first-order valence-electron chi connectivity index (χ1n) is 7.50. The molecule has 5 nitrogen and oxygen atoms in total. The Morgan fingerprint density at radius 1 is 1.32 bits per heavy atom. The maximum atomic E-state index is 11.7. The van der Waals surface area contributed by atoms with Crippen molar-refractivity contribution in [2.45, 2.75) is 51.3 Å². The fourth-order valence-electron chi connectivity index (χ4n) is 2.38. The zero-order valence-corrected chi connectivity index (χ0v) is 13.9. The van der Waals surface area contributed by atoms with Crippen molar-refractivity contribution >= 4 is 32.8 Å². The van der Waals surface area contributed by atoms with E-state index in [0.29, 0.717) is 6.04 Å². The van der Waals surface area contributed by atoms with Crippen molar-refractivity contribution in [3.05, 3.63) is 24.3 Å². The first-order chi connectivity index (χ1) is 10.4. The van der Waals surface area contributed by atoms with Crippen LogP contribution in [0.15, 0.2) is 24.3 Å². The largest absolute Gasteiger partial charge is 0.446 e.